The number of aromatic nitrogens is 1. The first-order valence-corrected chi connectivity index (χ1v) is 7.47. The molecule has 0 aliphatic carbocycles. The molecule has 8 heteroatoms. The second-order valence-electron chi connectivity index (χ2n) is 6.38. The van der Waals surface area contributed by atoms with E-state index in [-0.39, 0.29) is 0 Å². The molecule has 1 unspecified atom stereocenters. The second kappa shape index (κ2) is 6.31. The Kier molecular flexibility index (Phi) is 4.63. The molecule has 1 saturated heterocycles. The Morgan fingerprint density at radius 3 is 2.35 bits per heavy atom. The number of nitrogens with two attached hydrogens (primary N) is 1. The molecule has 1 aromatic heterocycles. The van der Waals surface area contributed by atoms with E-state index >= 15 is 0 Å². The number of urea groups is 1. The largest absolute Gasteiger partial charge is 0.444 e. The number of carbonyl (C=O) groups is 3. The number of primary amides is 1. The maximum atomic E-state index is 12.7. The van der Waals surface area contributed by atoms with Crippen molar-refractivity contribution in [2.45, 2.75) is 45.3 Å². The monoisotopic (exact) mass is 322 g/mol. The lowest BCUT2D eigenvalue weighted by atomic mass is 10.2. The average Bonchev–Trinajstić information content (AvgIpc) is 3.07. The Balaban J connectivity index is 2.19. The van der Waals surface area contributed by atoms with Gasteiger partial charge in [-0.3, -0.25) is 14.4 Å². The number of likely N-dealkylation sites (tertiary alicyclic amines) is 1. The quantitative estimate of drug-likeness (QED) is 0.890. The summed E-state index contributed by atoms with van der Waals surface area (Å²) in [5, 5.41) is 0.827. The van der Waals surface area contributed by atoms with Gasteiger partial charge in [0, 0.05) is 18.9 Å². The molecule has 0 spiro atoms. The van der Waals surface area contributed by atoms with Gasteiger partial charge < -0.3 is 10.5 Å². The highest BCUT2D eigenvalue weighted by atomic mass is 16.6. The molecule has 1 aromatic rings. The molecule has 0 saturated carbocycles. The smallest absolute Gasteiger partial charge is 0.410 e. The lowest BCUT2D eigenvalue weighted by Gasteiger charge is -2.30. The zero-order chi connectivity index (χ0) is 17.2. The molecular formula is C15H22N4O4. The summed E-state index contributed by atoms with van der Waals surface area (Å²) in [6, 6.07) is 1.68. The van der Waals surface area contributed by atoms with Crippen LogP contribution < -0.4 is 10.7 Å². The van der Waals surface area contributed by atoms with Crippen molar-refractivity contribution in [3.63, 3.8) is 0 Å². The maximum absolute atomic E-state index is 12.7. The lowest BCUT2D eigenvalue weighted by Crippen LogP contribution is -2.56. The van der Waals surface area contributed by atoms with Gasteiger partial charge in [-0.2, -0.15) is 5.01 Å². The van der Waals surface area contributed by atoms with E-state index in [0.717, 1.165) is 5.01 Å². The summed E-state index contributed by atoms with van der Waals surface area (Å²) >= 11 is 0. The molecule has 4 amide bonds. The van der Waals surface area contributed by atoms with Gasteiger partial charge in [-0.25, -0.2) is 9.59 Å². The van der Waals surface area contributed by atoms with E-state index in [0.29, 0.717) is 19.4 Å². The van der Waals surface area contributed by atoms with Crippen molar-refractivity contribution in [1.82, 2.24) is 9.58 Å². The third kappa shape index (κ3) is 3.82. The standard InChI is InChI=1S/C15H22N4O4/c1-15(2,3)23-14(22)18-10-6-7-11(18)12(20)19(13(16)21)17-8-4-5-9-17/h4-5,8-9,11H,6-7,10H2,1-3H3,(H2,16,21). The van der Waals surface area contributed by atoms with Gasteiger partial charge in [0.1, 0.15) is 11.6 Å². The molecule has 1 fully saturated rings. The summed E-state index contributed by atoms with van der Waals surface area (Å²) in [5.41, 5.74) is 4.67. The third-order valence-electron chi connectivity index (χ3n) is 3.40. The van der Waals surface area contributed by atoms with Gasteiger partial charge in [0.25, 0.3) is 5.91 Å². The second-order valence-corrected chi connectivity index (χ2v) is 6.38. The van der Waals surface area contributed by atoms with Crippen LogP contribution in [-0.4, -0.2) is 45.8 Å². The van der Waals surface area contributed by atoms with Crippen molar-refractivity contribution in [1.29, 1.82) is 0 Å². The highest BCUT2D eigenvalue weighted by Crippen LogP contribution is 2.22. The van der Waals surface area contributed by atoms with Gasteiger partial charge in [0.15, 0.2) is 0 Å². The number of amides is 4. The summed E-state index contributed by atoms with van der Waals surface area (Å²) in [7, 11) is 0. The van der Waals surface area contributed by atoms with Crippen LogP contribution in [0.15, 0.2) is 24.5 Å². The van der Waals surface area contributed by atoms with Gasteiger partial charge in [0.05, 0.1) is 0 Å². The SMILES string of the molecule is CC(C)(C)OC(=O)N1CCCC1C(=O)N(C(N)=O)n1cccc1. The van der Waals surface area contributed by atoms with Crippen LogP contribution in [0.2, 0.25) is 0 Å². The molecule has 0 aromatic carbocycles. The van der Waals surface area contributed by atoms with Crippen LogP contribution in [0.4, 0.5) is 9.59 Å². The summed E-state index contributed by atoms with van der Waals surface area (Å²) in [5.74, 6) is -0.544. The molecule has 1 aliphatic rings. The summed E-state index contributed by atoms with van der Waals surface area (Å²) in [6.07, 6.45) is 3.63. The summed E-state index contributed by atoms with van der Waals surface area (Å²) in [4.78, 5) is 38.0. The molecular weight excluding hydrogens is 300 g/mol. The maximum Gasteiger partial charge on any atom is 0.410 e. The van der Waals surface area contributed by atoms with Gasteiger partial charge in [-0.15, -0.1) is 0 Å². The highest BCUT2D eigenvalue weighted by Gasteiger charge is 2.40. The molecule has 8 nitrogen and oxygen atoms in total. The first-order chi connectivity index (χ1) is 10.7. The van der Waals surface area contributed by atoms with Crippen LogP contribution in [0.25, 0.3) is 0 Å². The Labute approximate surface area is 134 Å². The Morgan fingerprint density at radius 1 is 1.22 bits per heavy atom. The average molecular weight is 322 g/mol. The molecule has 2 heterocycles. The van der Waals surface area contributed by atoms with Crippen molar-refractivity contribution in [3.05, 3.63) is 24.5 Å². The molecule has 0 bridgehead atoms. The summed E-state index contributed by atoms with van der Waals surface area (Å²) < 4.78 is 6.63. The van der Waals surface area contributed by atoms with Crippen molar-refractivity contribution in [2.75, 3.05) is 11.6 Å². The molecule has 23 heavy (non-hydrogen) atoms. The van der Waals surface area contributed by atoms with Gasteiger partial charge in [-0.05, 0) is 45.7 Å². The van der Waals surface area contributed by atoms with Crippen molar-refractivity contribution in [3.8, 4) is 0 Å². The predicted octanol–water partition coefficient (Wildman–Crippen LogP) is 1.43. The van der Waals surface area contributed by atoms with E-state index in [9.17, 15) is 14.4 Å². The number of ether oxygens (including phenoxy) is 1. The van der Waals surface area contributed by atoms with Gasteiger partial charge in [-0.1, -0.05) is 0 Å². The molecule has 1 atom stereocenters. The van der Waals surface area contributed by atoms with Crippen LogP contribution in [0.1, 0.15) is 33.6 Å². The first kappa shape index (κ1) is 16.9. The zero-order valence-electron chi connectivity index (χ0n) is 13.6. The number of nitrogens with zero attached hydrogens (tertiary/aromatic N) is 3. The van der Waals surface area contributed by atoms with E-state index in [1.165, 1.54) is 22.0 Å². The van der Waals surface area contributed by atoms with Crippen LogP contribution in [-0.2, 0) is 9.53 Å². The first-order valence-electron chi connectivity index (χ1n) is 7.47. The minimum Gasteiger partial charge on any atom is -0.444 e. The van der Waals surface area contributed by atoms with E-state index in [2.05, 4.69) is 0 Å². The molecule has 1 aliphatic heterocycles. The zero-order valence-corrected chi connectivity index (χ0v) is 13.6. The molecule has 2 N–H and O–H groups in total. The third-order valence-corrected chi connectivity index (χ3v) is 3.40. The number of rotatable bonds is 2. The number of imide groups is 1. The van der Waals surface area contributed by atoms with E-state index < -0.39 is 29.7 Å². The summed E-state index contributed by atoms with van der Waals surface area (Å²) in [6.45, 7) is 5.68. The van der Waals surface area contributed by atoms with Crippen LogP contribution in [0, 0.1) is 0 Å². The van der Waals surface area contributed by atoms with Crippen LogP contribution in [0.3, 0.4) is 0 Å². The Hall–Kier alpha value is -2.51. The van der Waals surface area contributed by atoms with Crippen LogP contribution in [0.5, 0.6) is 0 Å². The normalized spacial score (nSPS) is 17.9. The molecule has 0 radical (unpaired) electrons. The molecule has 2 rings (SSSR count). The number of hydrogen-bond acceptors (Lipinski definition) is 4. The van der Waals surface area contributed by atoms with Gasteiger partial charge >= 0.3 is 12.1 Å². The minimum absolute atomic E-state index is 0.406. The fourth-order valence-electron chi connectivity index (χ4n) is 2.50. The van der Waals surface area contributed by atoms with Crippen molar-refractivity contribution < 1.29 is 19.1 Å². The Bertz CT molecular complexity index is 591. The number of carbonyl (C=O) groups excluding carboxylic acids is 3. The van der Waals surface area contributed by atoms with Gasteiger partial charge in [0.2, 0.25) is 0 Å². The number of hydrogen-bond donors (Lipinski definition) is 1. The van der Waals surface area contributed by atoms with E-state index in [4.69, 9.17) is 10.5 Å². The predicted molar refractivity (Wildman–Crippen MR) is 83.2 cm³/mol. The molecule has 126 valence electrons. The van der Waals surface area contributed by atoms with Crippen LogP contribution >= 0.6 is 0 Å². The topological polar surface area (TPSA) is 97.9 Å². The lowest BCUT2D eigenvalue weighted by molar-refractivity contribution is -0.123. The highest BCUT2D eigenvalue weighted by molar-refractivity contribution is 6.09. The Morgan fingerprint density at radius 2 is 1.83 bits per heavy atom. The fraction of sp³-hybridized carbons (Fsp3) is 0.533. The van der Waals surface area contributed by atoms with Crippen molar-refractivity contribution >= 4 is 18.0 Å². The van der Waals surface area contributed by atoms with E-state index in [1.54, 1.807) is 32.9 Å². The van der Waals surface area contributed by atoms with E-state index in [1.807, 2.05) is 0 Å². The van der Waals surface area contributed by atoms with Crippen molar-refractivity contribution in [2.24, 2.45) is 5.73 Å². The minimum atomic E-state index is -0.901. The fourth-order valence-corrected chi connectivity index (χ4v) is 2.50.